The molecule has 0 fully saturated rings. The van der Waals surface area contributed by atoms with E-state index in [9.17, 15) is 4.79 Å². The highest BCUT2D eigenvalue weighted by Crippen LogP contribution is 2.27. The van der Waals surface area contributed by atoms with Gasteiger partial charge >= 0.3 is 0 Å². The maximum atomic E-state index is 12.9. The third-order valence-corrected chi connectivity index (χ3v) is 4.03. The molecule has 2 heterocycles. The Balaban J connectivity index is 1.86. The molecule has 1 amide bonds. The highest BCUT2D eigenvalue weighted by Gasteiger charge is 2.19. The van der Waals surface area contributed by atoms with Gasteiger partial charge in [0.1, 0.15) is 11.4 Å². The second-order valence-electron chi connectivity index (χ2n) is 5.66. The fourth-order valence-corrected chi connectivity index (χ4v) is 2.83. The summed E-state index contributed by atoms with van der Waals surface area (Å²) < 4.78 is 7.04. The summed E-state index contributed by atoms with van der Waals surface area (Å²) in [6, 6.07) is 18.5. The van der Waals surface area contributed by atoms with Gasteiger partial charge in [-0.2, -0.15) is 0 Å². The van der Waals surface area contributed by atoms with Crippen LogP contribution < -0.4 is 10.1 Å². The van der Waals surface area contributed by atoms with Gasteiger partial charge < -0.3 is 10.1 Å². The van der Waals surface area contributed by atoms with E-state index in [1.54, 1.807) is 30.1 Å². The van der Waals surface area contributed by atoms with Gasteiger partial charge in [-0.3, -0.25) is 9.36 Å². The molecule has 0 saturated carbocycles. The van der Waals surface area contributed by atoms with E-state index in [0.29, 0.717) is 11.6 Å². The zero-order valence-corrected chi connectivity index (χ0v) is 14.1. The lowest BCUT2D eigenvalue weighted by molar-refractivity contribution is 0.102. The molecule has 2 aromatic carbocycles. The lowest BCUT2D eigenvalue weighted by atomic mass is 10.2. The Bertz CT molecular complexity index is 1060. The van der Waals surface area contributed by atoms with Gasteiger partial charge in [0.25, 0.3) is 5.91 Å². The molecular weight excluding hydrogens is 328 g/mol. The number of carbonyl (C=O) groups is 1. The van der Waals surface area contributed by atoms with Crippen LogP contribution in [0.25, 0.3) is 16.9 Å². The lowest BCUT2D eigenvalue weighted by Gasteiger charge is -2.09. The number of nitrogens with zero attached hydrogens (tertiary/aromatic N) is 3. The second kappa shape index (κ2) is 6.68. The summed E-state index contributed by atoms with van der Waals surface area (Å²) in [6.07, 6.45) is 3.30. The van der Waals surface area contributed by atoms with Crippen molar-refractivity contribution in [2.45, 2.75) is 0 Å². The lowest BCUT2D eigenvalue weighted by Crippen LogP contribution is -2.17. The first kappa shape index (κ1) is 15.8. The molecule has 26 heavy (non-hydrogen) atoms. The Labute approximate surface area is 150 Å². The SMILES string of the molecule is COc1ccc2c(c1)cc(C(=O)Nc1ccccc1)n2-c1ncccn1. The first-order valence-electron chi connectivity index (χ1n) is 8.09. The van der Waals surface area contributed by atoms with Crippen LogP contribution in [0.4, 0.5) is 5.69 Å². The summed E-state index contributed by atoms with van der Waals surface area (Å²) in [7, 11) is 1.61. The van der Waals surface area contributed by atoms with Crippen molar-refractivity contribution in [1.29, 1.82) is 0 Å². The van der Waals surface area contributed by atoms with Crippen molar-refractivity contribution < 1.29 is 9.53 Å². The molecule has 0 saturated heterocycles. The van der Waals surface area contributed by atoms with E-state index in [-0.39, 0.29) is 5.91 Å². The standard InChI is InChI=1S/C20H16N4O2/c1-26-16-8-9-17-14(12-16)13-18(24(17)20-21-10-5-11-22-20)19(25)23-15-6-3-2-4-7-15/h2-13H,1H3,(H,23,25). The quantitative estimate of drug-likeness (QED) is 0.613. The molecule has 0 unspecified atom stereocenters. The number of anilines is 1. The normalized spacial score (nSPS) is 10.7. The highest BCUT2D eigenvalue weighted by atomic mass is 16.5. The number of rotatable bonds is 4. The molecule has 0 radical (unpaired) electrons. The summed E-state index contributed by atoms with van der Waals surface area (Å²) in [6.45, 7) is 0. The fourth-order valence-electron chi connectivity index (χ4n) is 2.83. The van der Waals surface area contributed by atoms with Gasteiger partial charge in [0.05, 0.1) is 12.6 Å². The van der Waals surface area contributed by atoms with E-state index in [2.05, 4.69) is 15.3 Å². The van der Waals surface area contributed by atoms with Crippen LogP contribution in [0.15, 0.2) is 73.1 Å². The van der Waals surface area contributed by atoms with Crippen molar-refractivity contribution in [3.63, 3.8) is 0 Å². The minimum Gasteiger partial charge on any atom is -0.497 e. The summed E-state index contributed by atoms with van der Waals surface area (Å²) in [4.78, 5) is 21.5. The third kappa shape index (κ3) is 2.88. The van der Waals surface area contributed by atoms with E-state index >= 15 is 0 Å². The molecule has 0 aliphatic rings. The topological polar surface area (TPSA) is 69.0 Å². The molecule has 0 aliphatic carbocycles. The molecule has 6 heteroatoms. The van der Waals surface area contributed by atoms with Crippen molar-refractivity contribution in [3.8, 4) is 11.7 Å². The molecular formula is C20H16N4O2. The Kier molecular flexibility index (Phi) is 4.07. The van der Waals surface area contributed by atoms with Gasteiger partial charge in [-0.25, -0.2) is 9.97 Å². The van der Waals surface area contributed by atoms with Gasteiger partial charge in [0, 0.05) is 23.5 Å². The van der Waals surface area contributed by atoms with Crippen LogP contribution in [-0.4, -0.2) is 27.6 Å². The van der Waals surface area contributed by atoms with Crippen LogP contribution in [-0.2, 0) is 0 Å². The predicted octanol–water partition coefficient (Wildman–Crippen LogP) is 3.68. The van der Waals surface area contributed by atoms with Gasteiger partial charge in [-0.1, -0.05) is 18.2 Å². The first-order chi connectivity index (χ1) is 12.8. The smallest absolute Gasteiger partial charge is 0.272 e. The van der Waals surface area contributed by atoms with Crippen LogP contribution in [0, 0.1) is 0 Å². The number of carbonyl (C=O) groups excluding carboxylic acids is 1. The molecule has 128 valence electrons. The number of fused-ring (bicyclic) bond motifs is 1. The Morgan fingerprint density at radius 1 is 1.00 bits per heavy atom. The predicted molar refractivity (Wildman–Crippen MR) is 99.8 cm³/mol. The van der Waals surface area contributed by atoms with Gasteiger partial charge in [-0.05, 0) is 42.5 Å². The maximum Gasteiger partial charge on any atom is 0.272 e. The van der Waals surface area contributed by atoms with E-state index in [1.165, 1.54) is 0 Å². The van der Waals surface area contributed by atoms with Crippen LogP contribution in [0.1, 0.15) is 10.5 Å². The molecule has 0 bridgehead atoms. The fraction of sp³-hybridized carbons (Fsp3) is 0.0500. The third-order valence-electron chi connectivity index (χ3n) is 4.03. The first-order valence-corrected chi connectivity index (χ1v) is 8.09. The van der Waals surface area contributed by atoms with Crippen molar-refractivity contribution in [3.05, 3.63) is 78.8 Å². The Morgan fingerprint density at radius 2 is 1.77 bits per heavy atom. The molecule has 0 aliphatic heterocycles. The van der Waals surface area contributed by atoms with Gasteiger partial charge in [0.15, 0.2) is 0 Å². The number of nitrogens with one attached hydrogen (secondary N) is 1. The van der Waals surface area contributed by atoms with Crippen LogP contribution >= 0.6 is 0 Å². The number of benzene rings is 2. The number of hydrogen-bond donors (Lipinski definition) is 1. The van der Waals surface area contributed by atoms with Crippen molar-refractivity contribution in [2.24, 2.45) is 0 Å². The zero-order valence-electron chi connectivity index (χ0n) is 14.1. The zero-order chi connectivity index (χ0) is 17.9. The maximum absolute atomic E-state index is 12.9. The molecule has 0 spiro atoms. The molecule has 0 atom stereocenters. The average Bonchev–Trinajstić information content (AvgIpc) is 3.08. The van der Waals surface area contributed by atoms with Crippen molar-refractivity contribution >= 4 is 22.5 Å². The van der Waals surface area contributed by atoms with Crippen LogP contribution in [0.5, 0.6) is 5.75 Å². The van der Waals surface area contributed by atoms with Crippen molar-refractivity contribution in [2.75, 3.05) is 12.4 Å². The molecule has 4 aromatic rings. The van der Waals surface area contributed by atoms with E-state index in [4.69, 9.17) is 4.74 Å². The summed E-state index contributed by atoms with van der Waals surface area (Å²) in [5.41, 5.74) is 2.00. The van der Waals surface area contributed by atoms with Gasteiger partial charge in [-0.15, -0.1) is 0 Å². The monoisotopic (exact) mass is 344 g/mol. The Hall–Kier alpha value is -3.67. The number of amides is 1. The van der Waals surface area contributed by atoms with Crippen molar-refractivity contribution in [1.82, 2.24) is 14.5 Å². The number of ether oxygens (including phenoxy) is 1. The average molecular weight is 344 g/mol. The minimum absolute atomic E-state index is 0.237. The van der Waals surface area contributed by atoms with E-state index < -0.39 is 0 Å². The molecule has 4 rings (SSSR count). The summed E-state index contributed by atoms with van der Waals surface area (Å²) >= 11 is 0. The highest BCUT2D eigenvalue weighted by molar-refractivity contribution is 6.07. The summed E-state index contributed by atoms with van der Waals surface area (Å²) in [5.74, 6) is 0.920. The number of para-hydroxylation sites is 1. The van der Waals surface area contributed by atoms with E-state index in [0.717, 1.165) is 22.3 Å². The number of aromatic nitrogens is 3. The minimum atomic E-state index is -0.237. The molecule has 2 aromatic heterocycles. The second-order valence-corrected chi connectivity index (χ2v) is 5.66. The largest absolute Gasteiger partial charge is 0.497 e. The number of methoxy groups -OCH3 is 1. The molecule has 1 N–H and O–H groups in total. The van der Waals surface area contributed by atoms with Crippen LogP contribution in [0.3, 0.4) is 0 Å². The van der Waals surface area contributed by atoms with E-state index in [1.807, 2.05) is 54.6 Å². The van der Waals surface area contributed by atoms with Gasteiger partial charge in [0.2, 0.25) is 5.95 Å². The Morgan fingerprint density at radius 3 is 2.50 bits per heavy atom. The molecule has 6 nitrogen and oxygen atoms in total. The number of hydrogen-bond acceptors (Lipinski definition) is 4. The van der Waals surface area contributed by atoms with Crippen LogP contribution in [0.2, 0.25) is 0 Å². The summed E-state index contributed by atoms with van der Waals surface area (Å²) in [5, 5.41) is 3.78.